The number of hydrogen-bond acceptors (Lipinski definition) is 5. The molecule has 0 aromatic carbocycles. The molecule has 1 fully saturated rings. The zero-order valence-electron chi connectivity index (χ0n) is 15.0. The fourth-order valence-electron chi connectivity index (χ4n) is 3.63. The first-order valence-electron chi connectivity index (χ1n) is 8.33. The average molecular weight is 342 g/mol. The molecule has 3 rings (SSSR count). The van der Waals surface area contributed by atoms with E-state index in [1.54, 1.807) is 7.05 Å². The number of aryl methyl sites for hydroxylation is 2. The van der Waals surface area contributed by atoms with E-state index in [-0.39, 0.29) is 11.6 Å². The molecule has 0 bridgehead atoms. The molecule has 1 aliphatic rings. The van der Waals surface area contributed by atoms with E-state index in [0.717, 1.165) is 28.8 Å². The van der Waals surface area contributed by atoms with Crippen LogP contribution in [0.5, 0.6) is 0 Å². The van der Waals surface area contributed by atoms with E-state index in [1.165, 1.54) is 11.6 Å². The van der Waals surface area contributed by atoms with Gasteiger partial charge in [-0.25, -0.2) is 4.79 Å². The molecule has 1 atom stereocenters. The predicted molar refractivity (Wildman–Crippen MR) is 93.7 cm³/mol. The highest BCUT2D eigenvalue weighted by Gasteiger charge is 2.31. The van der Waals surface area contributed by atoms with Gasteiger partial charge >= 0.3 is 5.69 Å². The SMILES string of the molecule is Cc1cc(C)n(C[C@@H]2CCCN2c2c(C#N)c(=O)n(C)c(=O)n2C)n1. The highest BCUT2D eigenvalue weighted by Crippen LogP contribution is 2.27. The highest BCUT2D eigenvalue weighted by atomic mass is 16.2. The summed E-state index contributed by atoms with van der Waals surface area (Å²) >= 11 is 0. The molecule has 2 aromatic rings. The monoisotopic (exact) mass is 342 g/mol. The number of hydrogen-bond donors (Lipinski definition) is 0. The van der Waals surface area contributed by atoms with Gasteiger partial charge in [-0.2, -0.15) is 10.4 Å². The fraction of sp³-hybridized carbons (Fsp3) is 0.529. The van der Waals surface area contributed by atoms with Crippen molar-refractivity contribution in [2.24, 2.45) is 14.1 Å². The van der Waals surface area contributed by atoms with Crippen LogP contribution in [0.2, 0.25) is 0 Å². The third kappa shape index (κ3) is 2.76. The van der Waals surface area contributed by atoms with Gasteiger partial charge in [0.2, 0.25) is 0 Å². The Labute approximate surface area is 145 Å². The van der Waals surface area contributed by atoms with E-state index in [0.29, 0.717) is 18.9 Å². The molecule has 3 heterocycles. The second-order valence-electron chi connectivity index (χ2n) is 6.61. The predicted octanol–water partition coefficient (Wildman–Crippen LogP) is 0.438. The quantitative estimate of drug-likeness (QED) is 0.807. The second kappa shape index (κ2) is 6.24. The first-order valence-corrected chi connectivity index (χ1v) is 8.33. The molecule has 0 spiro atoms. The Morgan fingerprint density at radius 1 is 1.28 bits per heavy atom. The summed E-state index contributed by atoms with van der Waals surface area (Å²) < 4.78 is 4.33. The fourth-order valence-corrected chi connectivity index (χ4v) is 3.63. The van der Waals surface area contributed by atoms with E-state index < -0.39 is 11.2 Å². The molecule has 0 unspecified atom stereocenters. The van der Waals surface area contributed by atoms with Gasteiger partial charge in [0, 0.05) is 26.3 Å². The lowest BCUT2D eigenvalue weighted by atomic mass is 10.2. The Morgan fingerprint density at radius 3 is 2.60 bits per heavy atom. The molecule has 132 valence electrons. The van der Waals surface area contributed by atoms with Crippen LogP contribution >= 0.6 is 0 Å². The van der Waals surface area contributed by atoms with Crippen molar-refractivity contribution < 1.29 is 0 Å². The molecular weight excluding hydrogens is 320 g/mol. The number of nitrogens with zero attached hydrogens (tertiary/aromatic N) is 6. The summed E-state index contributed by atoms with van der Waals surface area (Å²) in [6.07, 6.45) is 1.87. The van der Waals surface area contributed by atoms with Crippen molar-refractivity contribution in [1.29, 1.82) is 5.26 Å². The summed E-state index contributed by atoms with van der Waals surface area (Å²) in [6.45, 7) is 5.33. The Hall–Kier alpha value is -2.82. The summed E-state index contributed by atoms with van der Waals surface area (Å²) in [5.41, 5.74) is 1.08. The normalized spacial score (nSPS) is 17.1. The van der Waals surface area contributed by atoms with Crippen LogP contribution in [-0.4, -0.2) is 31.5 Å². The van der Waals surface area contributed by atoms with Gasteiger partial charge in [0.05, 0.1) is 18.3 Å². The van der Waals surface area contributed by atoms with E-state index >= 15 is 0 Å². The molecule has 0 N–H and O–H groups in total. The maximum atomic E-state index is 12.4. The number of anilines is 1. The Kier molecular flexibility index (Phi) is 4.25. The van der Waals surface area contributed by atoms with Gasteiger partial charge in [-0.3, -0.25) is 18.6 Å². The van der Waals surface area contributed by atoms with Gasteiger partial charge in [0.1, 0.15) is 11.9 Å². The molecule has 8 nitrogen and oxygen atoms in total. The second-order valence-corrected chi connectivity index (χ2v) is 6.61. The molecule has 0 radical (unpaired) electrons. The minimum atomic E-state index is -0.544. The third-order valence-electron chi connectivity index (χ3n) is 4.88. The summed E-state index contributed by atoms with van der Waals surface area (Å²) in [4.78, 5) is 26.7. The van der Waals surface area contributed by atoms with E-state index in [2.05, 4.69) is 5.10 Å². The molecule has 8 heteroatoms. The van der Waals surface area contributed by atoms with Gasteiger partial charge in [0.25, 0.3) is 5.56 Å². The molecule has 1 saturated heterocycles. The molecule has 0 amide bonds. The summed E-state index contributed by atoms with van der Waals surface area (Å²) in [5, 5.41) is 14.0. The van der Waals surface area contributed by atoms with E-state index in [4.69, 9.17) is 0 Å². The van der Waals surface area contributed by atoms with Crippen molar-refractivity contribution in [2.75, 3.05) is 11.4 Å². The standard InChI is InChI=1S/C17H22N6O2/c1-11-8-12(2)23(19-11)10-13-6-5-7-22(13)15-14(9-18)16(24)21(4)17(25)20(15)3/h8,13H,5-7,10H2,1-4H3/t13-/m0/s1. The molecular formula is C17H22N6O2. The lowest BCUT2D eigenvalue weighted by Crippen LogP contribution is -2.44. The minimum absolute atomic E-state index is 0.0184. The topological polar surface area (TPSA) is 88.9 Å². The maximum absolute atomic E-state index is 12.4. The van der Waals surface area contributed by atoms with Crippen molar-refractivity contribution in [3.63, 3.8) is 0 Å². The van der Waals surface area contributed by atoms with Crippen molar-refractivity contribution in [3.05, 3.63) is 43.9 Å². The summed E-state index contributed by atoms with van der Waals surface area (Å²) in [6, 6.07) is 4.10. The summed E-state index contributed by atoms with van der Waals surface area (Å²) in [5.74, 6) is 0.416. The van der Waals surface area contributed by atoms with E-state index in [1.807, 2.05) is 35.6 Å². The van der Waals surface area contributed by atoms with Crippen LogP contribution in [0.25, 0.3) is 0 Å². The zero-order chi connectivity index (χ0) is 18.3. The Bertz CT molecular complexity index is 975. The van der Waals surface area contributed by atoms with Crippen molar-refractivity contribution in [1.82, 2.24) is 18.9 Å². The van der Waals surface area contributed by atoms with Crippen LogP contribution in [0.4, 0.5) is 5.82 Å². The highest BCUT2D eigenvalue weighted by molar-refractivity contribution is 5.54. The molecule has 25 heavy (non-hydrogen) atoms. The molecule has 2 aromatic heterocycles. The van der Waals surface area contributed by atoms with Crippen LogP contribution in [-0.2, 0) is 20.6 Å². The van der Waals surface area contributed by atoms with Crippen LogP contribution in [0.15, 0.2) is 15.7 Å². The van der Waals surface area contributed by atoms with Gasteiger partial charge in [-0.15, -0.1) is 0 Å². The smallest absolute Gasteiger partial charge is 0.332 e. The van der Waals surface area contributed by atoms with Crippen LogP contribution in [0, 0.1) is 25.2 Å². The van der Waals surface area contributed by atoms with Crippen LogP contribution < -0.4 is 16.1 Å². The number of rotatable bonds is 3. The zero-order valence-corrected chi connectivity index (χ0v) is 15.0. The maximum Gasteiger partial charge on any atom is 0.332 e. The van der Waals surface area contributed by atoms with Gasteiger partial charge < -0.3 is 4.90 Å². The Balaban J connectivity index is 2.07. The van der Waals surface area contributed by atoms with Crippen LogP contribution in [0.1, 0.15) is 29.8 Å². The first-order chi connectivity index (χ1) is 11.8. The summed E-state index contributed by atoms with van der Waals surface area (Å²) in [7, 11) is 3.00. The Morgan fingerprint density at radius 2 is 2.00 bits per heavy atom. The number of nitriles is 1. The molecule has 0 saturated carbocycles. The van der Waals surface area contributed by atoms with Gasteiger partial charge in [-0.1, -0.05) is 0 Å². The largest absolute Gasteiger partial charge is 0.352 e. The lowest BCUT2D eigenvalue weighted by Gasteiger charge is -2.29. The minimum Gasteiger partial charge on any atom is -0.352 e. The number of aromatic nitrogens is 4. The molecule has 1 aliphatic heterocycles. The molecule has 0 aliphatic carbocycles. The van der Waals surface area contributed by atoms with Crippen molar-refractivity contribution in [3.8, 4) is 6.07 Å². The van der Waals surface area contributed by atoms with Gasteiger partial charge in [-0.05, 0) is 32.8 Å². The van der Waals surface area contributed by atoms with Crippen molar-refractivity contribution in [2.45, 2.75) is 39.3 Å². The third-order valence-corrected chi connectivity index (χ3v) is 4.88. The van der Waals surface area contributed by atoms with Crippen LogP contribution in [0.3, 0.4) is 0 Å². The van der Waals surface area contributed by atoms with E-state index in [9.17, 15) is 14.9 Å². The lowest BCUT2D eigenvalue weighted by molar-refractivity contribution is 0.491. The average Bonchev–Trinajstić information content (AvgIpc) is 3.15. The van der Waals surface area contributed by atoms with Gasteiger partial charge in [0.15, 0.2) is 5.56 Å². The first kappa shape index (κ1) is 17.0. The van der Waals surface area contributed by atoms with Crippen molar-refractivity contribution >= 4 is 5.82 Å².